The van der Waals surface area contributed by atoms with Gasteiger partial charge in [-0.1, -0.05) is 32.0 Å². The first-order valence-corrected chi connectivity index (χ1v) is 8.66. The Morgan fingerprint density at radius 1 is 1.25 bits per heavy atom. The fraction of sp³-hybridized carbons (Fsp3) is 0.211. The van der Waals surface area contributed by atoms with E-state index in [0.717, 1.165) is 9.96 Å². The maximum absolute atomic E-state index is 12.4. The lowest BCUT2D eigenvalue weighted by molar-refractivity contribution is -0.385. The van der Waals surface area contributed by atoms with Crippen LogP contribution in [0, 0.1) is 16.0 Å². The van der Waals surface area contributed by atoms with Gasteiger partial charge in [0, 0.05) is 24.3 Å². The van der Waals surface area contributed by atoms with E-state index >= 15 is 0 Å². The van der Waals surface area contributed by atoms with E-state index < -0.39 is 16.2 Å². The number of benzene rings is 1. The van der Waals surface area contributed by atoms with E-state index in [-0.39, 0.29) is 24.2 Å². The molecule has 0 spiro atoms. The Morgan fingerprint density at radius 3 is 2.75 bits per heavy atom. The minimum atomic E-state index is -0.754. The van der Waals surface area contributed by atoms with E-state index in [9.17, 15) is 19.7 Å². The summed E-state index contributed by atoms with van der Waals surface area (Å²) in [6.07, 6.45) is 1.43. The molecule has 0 aliphatic heterocycles. The van der Waals surface area contributed by atoms with Gasteiger partial charge in [-0.3, -0.25) is 24.1 Å². The Hall–Kier alpha value is -3.75. The maximum Gasteiger partial charge on any atom is 0.376 e. The Kier molecular flexibility index (Phi) is 5.35. The van der Waals surface area contributed by atoms with Gasteiger partial charge in [-0.05, 0) is 29.8 Å². The molecule has 3 rings (SSSR count). The second kappa shape index (κ2) is 7.87. The third kappa shape index (κ3) is 3.98. The van der Waals surface area contributed by atoms with Crippen LogP contribution in [0.1, 0.15) is 19.4 Å². The highest BCUT2D eigenvalue weighted by Crippen LogP contribution is 2.20. The highest BCUT2D eigenvalue weighted by molar-refractivity contribution is 5.92. The number of nitro groups is 1. The van der Waals surface area contributed by atoms with Crippen LogP contribution in [0.15, 0.2) is 53.5 Å². The average molecular weight is 381 g/mol. The largest absolute Gasteiger partial charge is 0.376 e. The Labute approximate surface area is 160 Å². The number of fused-ring (bicyclic) bond motifs is 1. The van der Waals surface area contributed by atoms with Crippen LogP contribution in [0.2, 0.25) is 0 Å². The van der Waals surface area contributed by atoms with E-state index in [4.69, 9.17) is 0 Å². The molecule has 0 atom stereocenters. The number of nitrogens with zero attached hydrogens (tertiary/aromatic N) is 3. The average Bonchev–Trinajstić information content (AvgIpc) is 2.66. The van der Waals surface area contributed by atoms with Gasteiger partial charge in [-0.2, -0.15) is 0 Å². The fourth-order valence-electron chi connectivity index (χ4n) is 2.60. The van der Waals surface area contributed by atoms with Gasteiger partial charge in [-0.15, -0.1) is 0 Å². The highest BCUT2D eigenvalue weighted by Gasteiger charge is 2.23. The molecule has 144 valence electrons. The van der Waals surface area contributed by atoms with Crippen LogP contribution in [0.5, 0.6) is 0 Å². The van der Waals surface area contributed by atoms with Crippen molar-refractivity contribution in [1.82, 2.24) is 9.38 Å². The molecule has 2 aromatic heterocycles. The summed E-state index contributed by atoms with van der Waals surface area (Å²) in [5.74, 6) is -0.359. The van der Waals surface area contributed by atoms with Crippen LogP contribution in [-0.2, 0) is 11.3 Å². The molecule has 0 aliphatic carbocycles. The van der Waals surface area contributed by atoms with Crippen molar-refractivity contribution < 1.29 is 9.72 Å². The minimum Gasteiger partial charge on any atom is -0.360 e. The molecule has 0 aliphatic rings. The lowest BCUT2D eigenvalue weighted by atomic mass is 10.1. The molecular weight excluding hydrogens is 362 g/mol. The smallest absolute Gasteiger partial charge is 0.360 e. The number of aromatic nitrogens is 2. The first-order valence-electron chi connectivity index (χ1n) is 8.66. The van der Waals surface area contributed by atoms with Crippen molar-refractivity contribution in [2.75, 3.05) is 10.6 Å². The second-order valence-corrected chi connectivity index (χ2v) is 6.50. The lowest BCUT2D eigenvalue weighted by Gasteiger charge is -2.11. The summed E-state index contributed by atoms with van der Waals surface area (Å²) in [5.41, 5.74) is 0.326. The van der Waals surface area contributed by atoms with Gasteiger partial charge in [0.25, 0.3) is 0 Å². The Morgan fingerprint density at radius 2 is 2.04 bits per heavy atom. The van der Waals surface area contributed by atoms with Crippen molar-refractivity contribution in [3.05, 3.63) is 74.7 Å². The molecule has 9 nitrogen and oxygen atoms in total. The third-order valence-corrected chi connectivity index (χ3v) is 4.07. The van der Waals surface area contributed by atoms with Gasteiger partial charge >= 0.3 is 11.2 Å². The SMILES string of the molecule is CC(C)C(=O)Nc1cccc(CNc2nc3ccccn3c(=O)c2[N+](=O)[O-])c1. The standard InChI is InChI=1S/C19H19N5O4/c1-12(2)18(25)21-14-7-5-6-13(10-14)11-20-17-16(24(27)28)19(26)23-9-4-3-8-15(23)22-17/h3-10,12,20H,11H2,1-2H3,(H,21,25). The monoisotopic (exact) mass is 381 g/mol. The number of pyridine rings is 1. The van der Waals surface area contributed by atoms with Crippen LogP contribution in [0.4, 0.5) is 17.2 Å². The number of carbonyl (C=O) groups is 1. The molecule has 0 radical (unpaired) electrons. The predicted octanol–water partition coefficient (Wildman–Crippen LogP) is 2.81. The molecular formula is C19H19N5O4. The van der Waals surface area contributed by atoms with Crippen LogP contribution in [-0.4, -0.2) is 20.2 Å². The molecule has 28 heavy (non-hydrogen) atoms. The molecule has 0 fully saturated rings. The van der Waals surface area contributed by atoms with Crippen LogP contribution in [0.25, 0.3) is 5.65 Å². The van der Waals surface area contributed by atoms with E-state index in [0.29, 0.717) is 11.3 Å². The zero-order chi connectivity index (χ0) is 20.3. The summed E-state index contributed by atoms with van der Waals surface area (Å²) >= 11 is 0. The lowest BCUT2D eigenvalue weighted by Crippen LogP contribution is -2.21. The van der Waals surface area contributed by atoms with Gasteiger partial charge in [0.15, 0.2) is 0 Å². The second-order valence-electron chi connectivity index (χ2n) is 6.50. The highest BCUT2D eigenvalue weighted by atomic mass is 16.6. The van der Waals surface area contributed by atoms with Gasteiger partial charge in [0.2, 0.25) is 11.7 Å². The molecule has 1 amide bonds. The molecule has 0 unspecified atom stereocenters. The van der Waals surface area contributed by atoms with Gasteiger partial charge in [0.1, 0.15) is 5.65 Å². The number of hydrogen-bond donors (Lipinski definition) is 2. The van der Waals surface area contributed by atoms with E-state index in [1.54, 1.807) is 56.3 Å². The van der Waals surface area contributed by atoms with Crippen molar-refractivity contribution in [3.63, 3.8) is 0 Å². The van der Waals surface area contributed by atoms with E-state index in [1.807, 2.05) is 0 Å². The molecule has 2 heterocycles. The number of hydrogen-bond acceptors (Lipinski definition) is 6. The topological polar surface area (TPSA) is 119 Å². The maximum atomic E-state index is 12.4. The molecule has 9 heteroatoms. The quantitative estimate of drug-likeness (QED) is 0.501. The van der Waals surface area contributed by atoms with Crippen molar-refractivity contribution in [2.45, 2.75) is 20.4 Å². The van der Waals surface area contributed by atoms with Crippen molar-refractivity contribution in [2.24, 2.45) is 5.92 Å². The number of rotatable bonds is 6. The van der Waals surface area contributed by atoms with Crippen LogP contribution >= 0.6 is 0 Å². The van der Waals surface area contributed by atoms with Crippen molar-refractivity contribution in [3.8, 4) is 0 Å². The summed E-state index contributed by atoms with van der Waals surface area (Å²) in [4.78, 5) is 39.1. The van der Waals surface area contributed by atoms with Gasteiger partial charge in [-0.25, -0.2) is 4.98 Å². The summed E-state index contributed by atoms with van der Waals surface area (Å²) in [6.45, 7) is 3.79. The molecule has 0 saturated heterocycles. The fourth-order valence-corrected chi connectivity index (χ4v) is 2.60. The van der Waals surface area contributed by atoms with E-state index in [2.05, 4.69) is 15.6 Å². The normalized spacial score (nSPS) is 10.8. The Balaban J connectivity index is 1.88. The van der Waals surface area contributed by atoms with Gasteiger partial charge in [0.05, 0.1) is 4.92 Å². The zero-order valence-corrected chi connectivity index (χ0v) is 15.4. The number of anilines is 2. The summed E-state index contributed by atoms with van der Waals surface area (Å²) < 4.78 is 1.13. The minimum absolute atomic E-state index is 0.0992. The first-order chi connectivity index (χ1) is 13.4. The summed E-state index contributed by atoms with van der Waals surface area (Å²) in [6, 6.07) is 12.0. The van der Waals surface area contributed by atoms with Crippen LogP contribution in [0.3, 0.4) is 0 Å². The molecule has 2 N–H and O–H groups in total. The Bertz CT molecular complexity index is 1110. The van der Waals surface area contributed by atoms with Gasteiger partial charge < -0.3 is 10.6 Å². The first kappa shape index (κ1) is 19.0. The number of nitrogens with one attached hydrogen (secondary N) is 2. The number of amides is 1. The zero-order valence-electron chi connectivity index (χ0n) is 15.4. The molecule has 0 bridgehead atoms. The summed E-state index contributed by atoms with van der Waals surface area (Å²) in [5, 5.41) is 17.1. The third-order valence-electron chi connectivity index (χ3n) is 4.07. The van der Waals surface area contributed by atoms with Crippen molar-refractivity contribution in [1.29, 1.82) is 0 Å². The van der Waals surface area contributed by atoms with Crippen molar-refractivity contribution >= 4 is 28.7 Å². The predicted molar refractivity (Wildman–Crippen MR) is 105 cm³/mol. The summed E-state index contributed by atoms with van der Waals surface area (Å²) in [7, 11) is 0. The number of carbonyl (C=O) groups excluding carboxylic acids is 1. The molecule has 3 aromatic rings. The van der Waals surface area contributed by atoms with Crippen LogP contribution < -0.4 is 16.2 Å². The molecule has 0 saturated carbocycles. The van der Waals surface area contributed by atoms with E-state index in [1.165, 1.54) is 6.20 Å². The molecule has 1 aromatic carbocycles.